The Bertz CT molecular complexity index is 780. The standard InChI is InChI=1S/C22H29N3O/c1-17-7-6-11-25(14-17)22(26)21-13-19-16-24(12-10-20(19)23(21)2)15-18-8-4-3-5-9-18/h3-5,8-9,13,17H,6-7,10-12,14-16H2,1-2H3/t17-/m1/s1. The number of piperidine rings is 1. The normalized spacial score (nSPS) is 20.8. The number of fused-ring (bicyclic) bond motifs is 1. The van der Waals surface area contributed by atoms with Crippen LogP contribution in [0.2, 0.25) is 0 Å². The second kappa shape index (κ2) is 7.28. The number of carbonyl (C=O) groups is 1. The van der Waals surface area contributed by atoms with Crippen molar-refractivity contribution in [3.8, 4) is 0 Å². The molecule has 1 fully saturated rings. The Kier molecular flexibility index (Phi) is 4.86. The summed E-state index contributed by atoms with van der Waals surface area (Å²) in [6.07, 6.45) is 3.38. The molecule has 2 aromatic rings. The fourth-order valence-electron chi connectivity index (χ4n) is 4.47. The zero-order chi connectivity index (χ0) is 18.1. The Hall–Kier alpha value is -2.07. The van der Waals surface area contributed by atoms with Crippen LogP contribution in [0.25, 0.3) is 0 Å². The zero-order valence-electron chi connectivity index (χ0n) is 15.9. The number of rotatable bonds is 3. The average Bonchev–Trinajstić information content (AvgIpc) is 2.98. The Morgan fingerprint density at radius 1 is 1.19 bits per heavy atom. The lowest BCUT2D eigenvalue weighted by Crippen LogP contribution is -2.39. The molecule has 0 aliphatic carbocycles. The molecule has 4 heteroatoms. The van der Waals surface area contributed by atoms with Gasteiger partial charge in [-0.3, -0.25) is 9.69 Å². The van der Waals surface area contributed by atoms with Crippen molar-refractivity contribution in [2.75, 3.05) is 19.6 Å². The monoisotopic (exact) mass is 351 g/mol. The van der Waals surface area contributed by atoms with Crippen LogP contribution in [0, 0.1) is 5.92 Å². The van der Waals surface area contributed by atoms with Crippen molar-refractivity contribution in [1.82, 2.24) is 14.4 Å². The molecule has 1 atom stereocenters. The van der Waals surface area contributed by atoms with Gasteiger partial charge in [-0.2, -0.15) is 0 Å². The third-order valence-corrected chi connectivity index (χ3v) is 5.92. The van der Waals surface area contributed by atoms with Crippen molar-refractivity contribution in [2.24, 2.45) is 13.0 Å². The predicted molar refractivity (Wildman–Crippen MR) is 104 cm³/mol. The molecule has 3 heterocycles. The van der Waals surface area contributed by atoms with Gasteiger partial charge in [0.15, 0.2) is 0 Å². The lowest BCUT2D eigenvalue weighted by Gasteiger charge is -2.31. The van der Waals surface area contributed by atoms with E-state index in [1.54, 1.807) is 0 Å². The SMILES string of the molecule is C[C@@H]1CCCN(C(=O)c2cc3c(n2C)CCN(Cc2ccccc2)C3)C1. The van der Waals surface area contributed by atoms with Gasteiger partial charge in [-0.1, -0.05) is 37.3 Å². The van der Waals surface area contributed by atoms with Gasteiger partial charge in [-0.15, -0.1) is 0 Å². The van der Waals surface area contributed by atoms with Crippen molar-refractivity contribution in [3.05, 3.63) is 58.9 Å². The quantitative estimate of drug-likeness (QED) is 0.847. The van der Waals surface area contributed by atoms with Crippen molar-refractivity contribution >= 4 is 5.91 Å². The summed E-state index contributed by atoms with van der Waals surface area (Å²) in [7, 11) is 2.06. The summed E-state index contributed by atoms with van der Waals surface area (Å²) < 4.78 is 2.15. The molecule has 4 rings (SSSR count). The second-order valence-corrected chi connectivity index (χ2v) is 8.01. The van der Waals surface area contributed by atoms with E-state index in [-0.39, 0.29) is 5.91 Å². The van der Waals surface area contributed by atoms with E-state index < -0.39 is 0 Å². The van der Waals surface area contributed by atoms with E-state index in [9.17, 15) is 4.79 Å². The molecule has 1 aromatic carbocycles. The van der Waals surface area contributed by atoms with Crippen molar-refractivity contribution in [1.29, 1.82) is 0 Å². The third-order valence-electron chi connectivity index (χ3n) is 5.92. The van der Waals surface area contributed by atoms with Gasteiger partial charge in [0.05, 0.1) is 0 Å². The van der Waals surface area contributed by atoms with Gasteiger partial charge in [0.2, 0.25) is 0 Å². The summed E-state index contributed by atoms with van der Waals surface area (Å²) in [5, 5.41) is 0. The van der Waals surface area contributed by atoms with Gasteiger partial charge in [0, 0.05) is 51.9 Å². The maximum atomic E-state index is 13.0. The number of hydrogen-bond acceptors (Lipinski definition) is 2. The number of likely N-dealkylation sites (tertiary alicyclic amines) is 1. The summed E-state index contributed by atoms with van der Waals surface area (Å²) in [4.78, 5) is 17.6. The summed E-state index contributed by atoms with van der Waals surface area (Å²) in [5.74, 6) is 0.826. The number of aromatic nitrogens is 1. The summed E-state index contributed by atoms with van der Waals surface area (Å²) in [5.41, 5.74) is 4.88. The molecule has 2 aliphatic heterocycles. The first-order valence-corrected chi connectivity index (χ1v) is 9.85. The third kappa shape index (κ3) is 3.43. The molecule has 0 bridgehead atoms. The van der Waals surface area contributed by atoms with Crippen LogP contribution in [0.15, 0.2) is 36.4 Å². The lowest BCUT2D eigenvalue weighted by atomic mass is 10.00. The maximum absolute atomic E-state index is 13.0. The molecule has 2 aliphatic rings. The van der Waals surface area contributed by atoms with Gasteiger partial charge >= 0.3 is 0 Å². The highest BCUT2D eigenvalue weighted by Gasteiger charge is 2.28. The van der Waals surface area contributed by atoms with E-state index in [1.807, 2.05) is 0 Å². The summed E-state index contributed by atoms with van der Waals surface area (Å²) >= 11 is 0. The van der Waals surface area contributed by atoms with Crippen LogP contribution in [-0.2, 0) is 26.6 Å². The highest BCUT2D eigenvalue weighted by molar-refractivity contribution is 5.93. The van der Waals surface area contributed by atoms with Gasteiger partial charge in [-0.05, 0) is 36.0 Å². The average molecular weight is 351 g/mol. The van der Waals surface area contributed by atoms with Gasteiger partial charge in [-0.25, -0.2) is 0 Å². The molecule has 1 saturated heterocycles. The predicted octanol–water partition coefficient (Wildman–Crippen LogP) is 3.46. The Labute approximate surface area is 156 Å². The molecular weight excluding hydrogens is 322 g/mol. The second-order valence-electron chi connectivity index (χ2n) is 8.01. The Balaban J connectivity index is 1.50. The molecular formula is C22H29N3O. The number of nitrogens with zero attached hydrogens (tertiary/aromatic N) is 3. The molecule has 138 valence electrons. The van der Waals surface area contributed by atoms with Crippen molar-refractivity contribution in [2.45, 2.75) is 39.3 Å². The molecule has 0 N–H and O–H groups in total. The van der Waals surface area contributed by atoms with E-state index in [2.05, 4.69) is 64.7 Å². The van der Waals surface area contributed by atoms with Crippen LogP contribution in [0.3, 0.4) is 0 Å². The first-order chi connectivity index (χ1) is 12.6. The first-order valence-electron chi connectivity index (χ1n) is 9.85. The minimum atomic E-state index is 0.211. The Morgan fingerprint density at radius 3 is 2.77 bits per heavy atom. The fourth-order valence-corrected chi connectivity index (χ4v) is 4.47. The van der Waals surface area contributed by atoms with E-state index in [1.165, 1.54) is 23.2 Å². The van der Waals surface area contributed by atoms with Gasteiger partial charge in [0.1, 0.15) is 5.69 Å². The summed E-state index contributed by atoms with van der Waals surface area (Å²) in [6, 6.07) is 12.8. The smallest absolute Gasteiger partial charge is 0.270 e. The number of benzene rings is 1. The van der Waals surface area contributed by atoms with Crippen LogP contribution in [-0.4, -0.2) is 39.9 Å². The minimum Gasteiger partial charge on any atom is -0.343 e. The molecule has 4 nitrogen and oxygen atoms in total. The zero-order valence-corrected chi connectivity index (χ0v) is 15.9. The molecule has 0 radical (unpaired) electrons. The topological polar surface area (TPSA) is 28.5 Å². The van der Waals surface area contributed by atoms with Crippen molar-refractivity contribution < 1.29 is 4.79 Å². The minimum absolute atomic E-state index is 0.211. The van der Waals surface area contributed by atoms with E-state index in [4.69, 9.17) is 0 Å². The maximum Gasteiger partial charge on any atom is 0.270 e. The van der Waals surface area contributed by atoms with Crippen LogP contribution >= 0.6 is 0 Å². The Morgan fingerprint density at radius 2 is 2.00 bits per heavy atom. The van der Waals surface area contributed by atoms with Crippen LogP contribution in [0.1, 0.15) is 47.1 Å². The number of amides is 1. The molecule has 1 amide bonds. The van der Waals surface area contributed by atoms with E-state index in [0.29, 0.717) is 5.92 Å². The van der Waals surface area contributed by atoms with Gasteiger partial charge < -0.3 is 9.47 Å². The molecule has 0 unspecified atom stereocenters. The first kappa shape index (κ1) is 17.3. The van der Waals surface area contributed by atoms with E-state index in [0.717, 1.165) is 51.3 Å². The fraction of sp³-hybridized carbons (Fsp3) is 0.500. The highest BCUT2D eigenvalue weighted by atomic mass is 16.2. The number of hydrogen-bond donors (Lipinski definition) is 0. The van der Waals surface area contributed by atoms with Crippen LogP contribution in [0.4, 0.5) is 0 Å². The number of carbonyl (C=O) groups excluding carboxylic acids is 1. The van der Waals surface area contributed by atoms with Crippen molar-refractivity contribution in [3.63, 3.8) is 0 Å². The van der Waals surface area contributed by atoms with E-state index >= 15 is 0 Å². The van der Waals surface area contributed by atoms with Crippen LogP contribution < -0.4 is 0 Å². The lowest BCUT2D eigenvalue weighted by molar-refractivity contribution is 0.0673. The molecule has 0 spiro atoms. The van der Waals surface area contributed by atoms with Gasteiger partial charge in [0.25, 0.3) is 5.91 Å². The molecule has 1 aromatic heterocycles. The molecule has 26 heavy (non-hydrogen) atoms. The van der Waals surface area contributed by atoms with Crippen LogP contribution in [0.5, 0.6) is 0 Å². The highest BCUT2D eigenvalue weighted by Crippen LogP contribution is 2.26. The molecule has 0 saturated carbocycles. The largest absolute Gasteiger partial charge is 0.343 e. The summed E-state index contributed by atoms with van der Waals surface area (Å²) in [6.45, 7) is 7.00.